The Balaban J connectivity index is 1.51. The number of benzene rings is 3. The van der Waals surface area contributed by atoms with Crippen LogP contribution in [0.2, 0.25) is 0 Å². The van der Waals surface area contributed by atoms with Crippen molar-refractivity contribution in [1.29, 1.82) is 0 Å². The maximum Gasteiger partial charge on any atom is 0.335 e. The number of nitrogens with zero attached hydrogens (tertiary/aromatic N) is 1. The maximum absolute atomic E-state index is 12.9. The molecular weight excluding hydrogens is 540 g/mol. The fourth-order valence-corrected chi connectivity index (χ4v) is 3.73. The highest BCUT2D eigenvalue weighted by atomic mass is 79.9. The normalized spacial score (nSPS) is 15.1. The molecule has 0 atom stereocenters. The molecule has 0 saturated carbocycles. The van der Waals surface area contributed by atoms with Crippen LogP contribution in [0.5, 0.6) is 5.75 Å². The fraction of sp³-hybridized carbons (Fsp3) is 0.0417. The summed E-state index contributed by atoms with van der Waals surface area (Å²) in [6.07, 6.45) is 1.45. The minimum atomic E-state index is -0.785. The Morgan fingerprint density at radius 1 is 0.875 bits per heavy atom. The molecule has 0 bridgehead atoms. The Hall–Kier alpha value is -3.23. The van der Waals surface area contributed by atoms with Gasteiger partial charge in [-0.2, -0.15) is 0 Å². The second-order valence-electron chi connectivity index (χ2n) is 6.92. The third kappa shape index (κ3) is 4.98. The van der Waals surface area contributed by atoms with E-state index in [1.54, 1.807) is 48.5 Å². The number of rotatable bonds is 5. The number of hydrogen-bond acceptors (Lipinski definition) is 4. The quantitative estimate of drug-likeness (QED) is 0.335. The van der Waals surface area contributed by atoms with Crippen LogP contribution in [0.4, 0.5) is 10.5 Å². The molecule has 0 radical (unpaired) electrons. The SMILES string of the molecule is O=C1NC(=O)N(c2cccc(Br)c2)C(=O)/C1=C/c1ccc(OCc2ccc(Br)cc2)cc1. The summed E-state index contributed by atoms with van der Waals surface area (Å²) in [6.45, 7) is 0.415. The average Bonchev–Trinajstić information content (AvgIpc) is 2.77. The van der Waals surface area contributed by atoms with E-state index < -0.39 is 17.8 Å². The smallest absolute Gasteiger partial charge is 0.335 e. The first kappa shape index (κ1) is 22.0. The van der Waals surface area contributed by atoms with Crippen molar-refractivity contribution in [2.45, 2.75) is 6.61 Å². The lowest BCUT2D eigenvalue weighted by Gasteiger charge is -2.26. The number of carbonyl (C=O) groups excluding carboxylic acids is 3. The number of carbonyl (C=O) groups is 3. The van der Waals surface area contributed by atoms with Gasteiger partial charge in [0.1, 0.15) is 17.9 Å². The van der Waals surface area contributed by atoms with Gasteiger partial charge in [-0.05, 0) is 59.7 Å². The molecule has 0 spiro atoms. The van der Waals surface area contributed by atoms with E-state index in [0.29, 0.717) is 28.1 Å². The van der Waals surface area contributed by atoms with Crippen molar-refractivity contribution in [1.82, 2.24) is 5.32 Å². The molecule has 1 saturated heterocycles. The van der Waals surface area contributed by atoms with Crippen molar-refractivity contribution in [2.24, 2.45) is 0 Å². The van der Waals surface area contributed by atoms with Crippen molar-refractivity contribution in [3.63, 3.8) is 0 Å². The van der Waals surface area contributed by atoms with Crippen LogP contribution in [0.1, 0.15) is 11.1 Å². The third-order valence-electron chi connectivity index (χ3n) is 4.68. The Bertz CT molecular complexity index is 1220. The molecule has 160 valence electrons. The standard InChI is InChI=1S/C24H16Br2N2O4/c25-17-8-4-16(5-9-17)14-32-20-10-6-15(7-11-20)12-21-22(29)27-24(31)28(23(21)30)19-3-1-2-18(26)13-19/h1-13H,14H2,(H,27,29,31)/b21-12+. The van der Waals surface area contributed by atoms with E-state index in [4.69, 9.17) is 4.74 Å². The molecule has 3 aromatic rings. The van der Waals surface area contributed by atoms with E-state index in [0.717, 1.165) is 14.9 Å². The van der Waals surface area contributed by atoms with E-state index in [-0.39, 0.29) is 5.57 Å². The summed E-state index contributed by atoms with van der Waals surface area (Å²) in [5, 5.41) is 2.22. The first-order valence-electron chi connectivity index (χ1n) is 9.55. The van der Waals surface area contributed by atoms with Crippen LogP contribution in [0.15, 0.2) is 87.3 Å². The lowest BCUT2D eigenvalue weighted by molar-refractivity contribution is -0.122. The molecule has 3 aromatic carbocycles. The predicted molar refractivity (Wildman–Crippen MR) is 128 cm³/mol. The van der Waals surface area contributed by atoms with Crippen LogP contribution in [-0.4, -0.2) is 17.8 Å². The molecule has 0 aromatic heterocycles. The van der Waals surface area contributed by atoms with Crippen LogP contribution >= 0.6 is 31.9 Å². The summed E-state index contributed by atoms with van der Waals surface area (Å²) in [5.74, 6) is -0.769. The molecular formula is C24H16Br2N2O4. The number of ether oxygens (including phenoxy) is 1. The number of imide groups is 2. The number of urea groups is 1. The molecule has 8 heteroatoms. The number of halogens is 2. The molecule has 1 aliphatic rings. The van der Waals surface area contributed by atoms with Gasteiger partial charge in [-0.3, -0.25) is 14.9 Å². The van der Waals surface area contributed by atoms with Gasteiger partial charge in [0.25, 0.3) is 11.8 Å². The summed E-state index contributed by atoms with van der Waals surface area (Å²) in [4.78, 5) is 38.5. The molecule has 4 rings (SSSR count). The van der Waals surface area contributed by atoms with Crippen molar-refractivity contribution in [3.8, 4) is 5.75 Å². The van der Waals surface area contributed by atoms with E-state index in [2.05, 4.69) is 37.2 Å². The fourth-order valence-electron chi connectivity index (χ4n) is 3.08. The summed E-state index contributed by atoms with van der Waals surface area (Å²) < 4.78 is 7.49. The van der Waals surface area contributed by atoms with Gasteiger partial charge in [0.15, 0.2) is 0 Å². The van der Waals surface area contributed by atoms with Gasteiger partial charge in [-0.15, -0.1) is 0 Å². The minimum Gasteiger partial charge on any atom is -0.489 e. The van der Waals surface area contributed by atoms with Gasteiger partial charge < -0.3 is 4.74 Å². The van der Waals surface area contributed by atoms with E-state index >= 15 is 0 Å². The van der Waals surface area contributed by atoms with Crippen LogP contribution < -0.4 is 15.0 Å². The third-order valence-corrected chi connectivity index (χ3v) is 5.70. The lowest BCUT2D eigenvalue weighted by Crippen LogP contribution is -2.54. The number of barbiturate groups is 1. The maximum atomic E-state index is 12.9. The molecule has 1 heterocycles. The van der Waals surface area contributed by atoms with Crippen molar-refractivity contribution in [3.05, 3.63) is 98.4 Å². The van der Waals surface area contributed by atoms with Gasteiger partial charge in [0.05, 0.1) is 5.69 Å². The van der Waals surface area contributed by atoms with Crippen molar-refractivity contribution in [2.75, 3.05) is 4.90 Å². The van der Waals surface area contributed by atoms with Gasteiger partial charge in [-0.1, -0.05) is 62.2 Å². The van der Waals surface area contributed by atoms with Crippen molar-refractivity contribution < 1.29 is 19.1 Å². The summed E-state index contributed by atoms with van der Waals surface area (Å²) >= 11 is 6.72. The monoisotopic (exact) mass is 554 g/mol. The highest BCUT2D eigenvalue weighted by Crippen LogP contribution is 2.25. The Morgan fingerprint density at radius 3 is 2.28 bits per heavy atom. The van der Waals surface area contributed by atoms with Crippen LogP contribution in [0, 0.1) is 0 Å². The molecule has 4 amide bonds. The zero-order chi connectivity index (χ0) is 22.7. The second kappa shape index (κ2) is 9.50. The lowest BCUT2D eigenvalue weighted by atomic mass is 10.1. The Labute approximate surface area is 201 Å². The highest BCUT2D eigenvalue weighted by molar-refractivity contribution is 9.10. The number of anilines is 1. The van der Waals surface area contributed by atoms with Crippen LogP contribution in [-0.2, 0) is 16.2 Å². The predicted octanol–water partition coefficient (Wildman–Crippen LogP) is 5.46. The largest absolute Gasteiger partial charge is 0.489 e. The first-order chi connectivity index (χ1) is 15.4. The molecule has 32 heavy (non-hydrogen) atoms. The zero-order valence-corrected chi connectivity index (χ0v) is 19.7. The first-order valence-corrected chi connectivity index (χ1v) is 11.1. The zero-order valence-electron chi connectivity index (χ0n) is 16.5. The number of nitrogens with one attached hydrogen (secondary N) is 1. The summed E-state index contributed by atoms with van der Waals surface area (Å²) in [6, 6.07) is 20.8. The van der Waals surface area contributed by atoms with Gasteiger partial charge >= 0.3 is 6.03 Å². The Morgan fingerprint density at radius 2 is 1.59 bits per heavy atom. The molecule has 1 N–H and O–H groups in total. The van der Waals surface area contributed by atoms with Gasteiger partial charge in [-0.25, -0.2) is 9.69 Å². The molecule has 6 nitrogen and oxygen atoms in total. The van der Waals surface area contributed by atoms with Crippen LogP contribution in [0.25, 0.3) is 6.08 Å². The summed E-state index contributed by atoms with van der Waals surface area (Å²) in [7, 11) is 0. The Kier molecular flexibility index (Phi) is 6.53. The van der Waals surface area contributed by atoms with Gasteiger partial charge in [0, 0.05) is 8.95 Å². The molecule has 1 aliphatic heterocycles. The van der Waals surface area contributed by atoms with Crippen molar-refractivity contribution >= 4 is 61.5 Å². The topological polar surface area (TPSA) is 75.7 Å². The summed E-state index contributed by atoms with van der Waals surface area (Å²) in [5.41, 5.74) is 1.88. The molecule has 0 unspecified atom stereocenters. The number of amides is 4. The average molecular weight is 556 g/mol. The van der Waals surface area contributed by atoms with E-state index in [1.807, 2.05) is 24.3 Å². The minimum absolute atomic E-state index is 0.131. The van der Waals surface area contributed by atoms with E-state index in [1.165, 1.54) is 6.08 Å². The van der Waals surface area contributed by atoms with E-state index in [9.17, 15) is 14.4 Å². The second-order valence-corrected chi connectivity index (χ2v) is 8.75. The number of hydrogen-bond donors (Lipinski definition) is 1. The highest BCUT2D eigenvalue weighted by Gasteiger charge is 2.36. The van der Waals surface area contributed by atoms with Gasteiger partial charge in [0.2, 0.25) is 0 Å². The van der Waals surface area contributed by atoms with Crippen LogP contribution in [0.3, 0.4) is 0 Å². The molecule has 0 aliphatic carbocycles. The molecule has 1 fully saturated rings.